The molecule has 1 aliphatic heterocycles. The number of hydrogen-bond acceptors (Lipinski definition) is 4. The molecule has 1 heterocycles. The summed E-state index contributed by atoms with van der Waals surface area (Å²) in [6.07, 6.45) is 1.72. The van der Waals surface area contributed by atoms with Crippen molar-refractivity contribution in [2.45, 2.75) is 31.9 Å². The quantitative estimate of drug-likeness (QED) is 0.899. The number of carbonyl (C=O) groups is 1. The predicted octanol–water partition coefficient (Wildman–Crippen LogP) is 1.28. The fourth-order valence-corrected chi connectivity index (χ4v) is 2.28. The van der Waals surface area contributed by atoms with E-state index in [0.29, 0.717) is 18.7 Å². The zero-order valence-corrected chi connectivity index (χ0v) is 11.6. The van der Waals surface area contributed by atoms with E-state index in [2.05, 4.69) is 6.07 Å². The first-order chi connectivity index (χ1) is 9.60. The molecule has 2 rings (SSSR count). The fraction of sp³-hybridized carbons (Fsp3) is 0.467. The van der Waals surface area contributed by atoms with Gasteiger partial charge in [0.1, 0.15) is 11.9 Å². The van der Waals surface area contributed by atoms with E-state index in [0.717, 1.165) is 18.6 Å². The van der Waals surface area contributed by atoms with E-state index in [9.17, 15) is 4.79 Å². The Morgan fingerprint density at radius 1 is 1.40 bits per heavy atom. The second-order valence-corrected chi connectivity index (χ2v) is 5.07. The monoisotopic (exact) mass is 273 g/mol. The average Bonchev–Trinajstić information content (AvgIpc) is 2.48. The summed E-state index contributed by atoms with van der Waals surface area (Å²) in [5.74, 6) is 0.766. The maximum Gasteiger partial charge on any atom is 0.239 e. The van der Waals surface area contributed by atoms with Gasteiger partial charge in [-0.2, -0.15) is 5.26 Å². The zero-order chi connectivity index (χ0) is 14.5. The molecule has 2 N–H and O–H groups in total. The Morgan fingerprint density at radius 3 is 2.50 bits per heavy atom. The van der Waals surface area contributed by atoms with Crippen LogP contribution in [0.1, 0.15) is 25.3 Å². The van der Waals surface area contributed by atoms with Gasteiger partial charge in [0.15, 0.2) is 0 Å². The maximum atomic E-state index is 11.8. The molecule has 1 saturated heterocycles. The molecular weight excluding hydrogens is 254 g/mol. The van der Waals surface area contributed by atoms with Gasteiger partial charge in [-0.05, 0) is 31.2 Å². The number of amides is 1. The van der Waals surface area contributed by atoms with E-state index in [1.54, 1.807) is 36.1 Å². The molecule has 1 amide bonds. The van der Waals surface area contributed by atoms with Crippen molar-refractivity contribution < 1.29 is 9.53 Å². The van der Waals surface area contributed by atoms with Crippen LogP contribution in [0.4, 0.5) is 0 Å². The number of carbonyl (C=O) groups excluding carboxylic acids is 1. The lowest BCUT2D eigenvalue weighted by atomic mass is 10.1. The minimum absolute atomic E-state index is 0.00169. The SMILES string of the molecule is C[C@H](N)C(=O)N1CCC(Oc2ccc(C#N)cc2)CC1. The summed E-state index contributed by atoms with van der Waals surface area (Å²) in [5.41, 5.74) is 6.22. The molecule has 1 fully saturated rings. The lowest BCUT2D eigenvalue weighted by Gasteiger charge is -2.33. The van der Waals surface area contributed by atoms with Crippen LogP contribution in [0, 0.1) is 11.3 Å². The van der Waals surface area contributed by atoms with Crippen molar-refractivity contribution in [1.82, 2.24) is 4.90 Å². The van der Waals surface area contributed by atoms with Crippen LogP contribution in [0.5, 0.6) is 5.75 Å². The third-order valence-corrected chi connectivity index (χ3v) is 3.43. The molecule has 0 saturated carbocycles. The van der Waals surface area contributed by atoms with E-state index in [4.69, 9.17) is 15.7 Å². The number of ether oxygens (including phenoxy) is 1. The van der Waals surface area contributed by atoms with Crippen LogP contribution in [0.25, 0.3) is 0 Å². The molecule has 1 aromatic carbocycles. The molecule has 0 bridgehead atoms. The smallest absolute Gasteiger partial charge is 0.239 e. The van der Waals surface area contributed by atoms with Crippen LogP contribution in [-0.2, 0) is 4.79 Å². The molecule has 5 nitrogen and oxygen atoms in total. The topological polar surface area (TPSA) is 79.3 Å². The van der Waals surface area contributed by atoms with Crippen LogP contribution in [-0.4, -0.2) is 36.0 Å². The van der Waals surface area contributed by atoms with Gasteiger partial charge < -0.3 is 15.4 Å². The number of nitrogens with two attached hydrogens (primary N) is 1. The number of benzene rings is 1. The van der Waals surface area contributed by atoms with Gasteiger partial charge in [0.05, 0.1) is 17.7 Å². The van der Waals surface area contributed by atoms with Crippen molar-refractivity contribution in [2.24, 2.45) is 5.73 Å². The normalized spacial score (nSPS) is 17.4. The van der Waals surface area contributed by atoms with E-state index in [1.165, 1.54) is 0 Å². The standard InChI is InChI=1S/C15H19N3O2/c1-11(17)15(19)18-8-6-14(7-9-18)20-13-4-2-12(10-16)3-5-13/h2-5,11,14H,6-9,17H2,1H3/t11-/m0/s1. The highest BCUT2D eigenvalue weighted by Gasteiger charge is 2.25. The highest BCUT2D eigenvalue weighted by molar-refractivity contribution is 5.81. The molecule has 1 aromatic rings. The Bertz CT molecular complexity index is 497. The van der Waals surface area contributed by atoms with Gasteiger partial charge in [0.25, 0.3) is 0 Å². The number of rotatable bonds is 3. The Morgan fingerprint density at radius 2 is 2.00 bits per heavy atom. The minimum Gasteiger partial charge on any atom is -0.490 e. The molecule has 1 aliphatic rings. The number of likely N-dealkylation sites (tertiary alicyclic amines) is 1. The van der Waals surface area contributed by atoms with Crippen LogP contribution >= 0.6 is 0 Å². The van der Waals surface area contributed by atoms with Crippen molar-refractivity contribution in [1.29, 1.82) is 5.26 Å². The summed E-state index contributed by atoms with van der Waals surface area (Å²) in [5, 5.41) is 8.74. The fourth-order valence-electron chi connectivity index (χ4n) is 2.28. The van der Waals surface area contributed by atoms with Crippen LogP contribution < -0.4 is 10.5 Å². The lowest BCUT2D eigenvalue weighted by molar-refractivity contribution is -0.133. The molecule has 106 valence electrons. The number of piperidine rings is 1. The molecular formula is C15H19N3O2. The maximum absolute atomic E-state index is 11.8. The Labute approximate surface area is 118 Å². The van der Waals surface area contributed by atoms with Crippen molar-refractivity contribution in [3.05, 3.63) is 29.8 Å². The summed E-state index contributed by atoms with van der Waals surface area (Å²) in [6, 6.07) is 8.72. The van der Waals surface area contributed by atoms with Gasteiger partial charge in [-0.1, -0.05) is 0 Å². The van der Waals surface area contributed by atoms with Gasteiger partial charge >= 0.3 is 0 Å². The first-order valence-electron chi connectivity index (χ1n) is 6.81. The largest absolute Gasteiger partial charge is 0.490 e. The van der Waals surface area contributed by atoms with E-state index in [1.807, 2.05) is 0 Å². The van der Waals surface area contributed by atoms with Crippen LogP contribution in [0.15, 0.2) is 24.3 Å². The molecule has 0 aromatic heterocycles. The van der Waals surface area contributed by atoms with Crippen molar-refractivity contribution in [2.75, 3.05) is 13.1 Å². The summed E-state index contributed by atoms with van der Waals surface area (Å²) in [4.78, 5) is 13.6. The molecule has 0 unspecified atom stereocenters. The molecule has 5 heteroatoms. The van der Waals surface area contributed by atoms with Gasteiger partial charge in [-0.15, -0.1) is 0 Å². The molecule has 0 spiro atoms. The highest BCUT2D eigenvalue weighted by Crippen LogP contribution is 2.19. The van der Waals surface area contributed by atoms with Crippen molar-refractivity contribution in [3.8, 4) is 11.8 Å². The Hall–Kier alpha value is -2.06. The second kappa shape index (κ2) is 6.40. The summed E-state index contributed by atoms with van der Waals surface area (Å²) in [6.45, 7) is 3.07. The Kier molecular flexibility index (Phi) is 4.59. The van der Waals surface area contributed by atoms with Crippen LogP contribution in [0.2, 0.25) is 0 Å². The first-order valence-corrected chi connectivity index (χ1v) is 6.81. The third-order valence-electron chi connectivity index (χ3n) is 3.43. The molecule has 0 radical (unpaired) electrons. The third kappa shape index (κ3) is 3.49. The van der Waals surface area contributed by atoms with Gasteiger partial charge in [0.2, 0.25) is 5.91 Å². The highest BCUT2D eigenvalue weighted by atomic mass is 16.5. The summed E-state index contributed by atoms with van der Waals surface area (Å²) in [7, 11) is 0. The van der Waals surface area contributed by atoms with Crippen LogP contribution in [0.3, 0.4) is 0 Å². The van der Waals surface area contributed by atoms with Gasteiger partial charge in [-0.25, -0.2) is 0 Å². The molecule has 0 aliphatic carbocycles. The number of nitriles is 1. The van der Waals surface area contributed by atoms with E-state index < -0.39 is 6.04 Å². The molecule has 20 heavy (non-hydrogen) atoms. The van der Waals surface area contributed by atoms with Crippen molar-refractivity contribution in [3.63, 3.8) is 0 Å². The van der Waals surface area contributed by atoms with Gasteiger partial charge in [-0.3, -0.25) is 4.79 Å². The van der Waals surface area contributed by atoms with E-state index >= 15 is 0 Å². The number of hydrogen-bond donors (Lipinski definition) is 1. The van der Waals surface area contributed by atoms with Crippen molar-refractivity contribution >= 4 is 5.91 Å². The second-order valence-electron chi connectivity index (χ2n) is 5.07. The Balaban J connectivity index is 1.85. The molecule has 1 atom stereocenters. The minimum atomic E-state index is -0.439. The average molecular weight is 273 g/mol. The zero-order valence-electron chi connectivity index (χ0n) is 11.6. The van der Waals surface area contributed by atoms with E-state index in [-0.39, 0.29) is 12.0 Å². The predicted molar refractivity (Wildman–Crippen MR) is 75.0 cm³/mol. The lowest BCUT2D eigenvalue weighted by Crippen LogP contribution is -2.47. The summed E-state index contributed by atoms with van der Waals surface area (Å²) < 4.78 is 5.86. The first kappa shape index (κ1) is 14.4. The number of nitrogens with zero attached hydrogens (tertiary/aromatic N) is 2. The summed E-state index contributed by atoms with van der Waals surface area (Å²) >= 11 is 0. The van der Waals surface area contributed by atoms with Gasteiger partial charge in [0, 0.05) is 25.9 Å².